The largest absolute Gasteiger partial charge is 0.301 e. The molecule has 1 saturated carbocycles. The minimum Gasteiger partial charge on any atom is -0.301 e. The van der Waals surface area contributed by atoms with Crippen molar-refractivity contribution in [2.75, 3.05) is 13.1 Å². The molecule has 1 aliphatic carbocycles. The molecule has 1 aliphatic heterocycles. The Hall–Kier alpha value is -0.590. The van der Waals surface area contributed by atoms with Gasteiger partial charge in [-0.25, -0.2) is 0 Å². The van der Waals surface area contributed by atoms with Gasteiger partial charge in [0.15, 0.2) is 0 Å². The summed E-state index contributed by atoms with van der Waals surface area (Å²) in [5, 5.41) is 13.1. The molecule has 2 aliphatic rings. The smallest absolute Gasteiger partial charge is 0.105 e. The number of piperidine rings is 1. The molecule has 21 heavy (non-hydrogen) atoms. The minimum absolute atomic E-state index is 0.357. The van der Waals surface area contributed by atoms with Gasteiger partial charge in [-0.2, -0.15) is 5.26 Å². The predicted octanol–water partition coefficient (Wildman–Crippen LogP) is 3.70. The Morgan fingerprint density at radius 2 is 1.86 bits per heavy atom. The summed E-state index contributed by atoms with van der Waals surface area (Å²) in [5.41, 5.74) is 0.228. The summed E-state index contributed by atoms with van der Waals surface area (Å²) in [6.45, 7) is 11.5. The van der Waals surface area contributed by atoms with Crippen molar-refractivity contribution in [1.29, 1.82) is 5.26 Å². The van der Waals surface area contributed by atoms with Gasteiger partial charge in [0.25, 0.3) is 0 Å². The van der Waals surface area contributed by atoms with Crippen LogP contribution < -0.4 is 5.32 Å². The maximum absolute atomic E-state index is 9.54. The van der Waals surface area contributed by atoms with E-state index in [4.69, 9.17) is 0 Å². The van der Waals surface area contributed by atoms with E-state index in [1.165, 1.54) is 51.6 Å². The Labute approximate surface area is 131 Å². The van der Waals surface area contributed by atoms with Gasteiger partial charge in [-0.05, 0) is 64.5 Å². The monoisotopic (exact) mass is 291 g/mol. The standard InChI is InChI=1S/C18H33N3/c1-5-18(6-2)9-11-21(12-10-18)15(3)13-17(4,14-19)20-16-7-8-16/h15-16,20H,5-13H2,1-4H3. The highest BCUT2D eigenvalue weighted by atomic mass is 15.2. The second kappa shape index (κ2) is 6.67. The zero-order valence-electron chi connectivity index (χ0n) is 14.4. The Bertz CT molecular complexity index is 368. The van der Waals surface area contributed by atoms with Crippen LogP contribution in [0.2, 0.25) is 0 Å². The van der Waals surface area contributed by atoms with Crippen LogP contribution in [0.3, 0.4) is 0 Å². The van der Waals surface area contributed by atoms with E-state index in [-0.39, 0.29) is 5.54 Å². The number of hydrogen-bond acceptors (Lipinski definition) is 3. The van der Waals surface area contributed by atoms with Crippen molar-refractivity contribution < 1.29 is 0 Å². The summed E-state index contributed by atoms with van der Waals surface area (Å²) in [4.78, 5) is 2.60. The van der Waals surface area contributed by atoms with Gasteiger partial charge in [-0.3, -0.25) is 5.32 Å². The van der Waals surface area contributed by atoms with Crippen LogP contribution in [-0.4, -0.2) is 35.6 Å². The van der Waals surface area contributed by atoms with E-state index in [1.54, 1.807) is 0 Å². The maximum atomic E-state index is 9.54. The molecule has 0 bridgehead atoms. The summed E-state index contributed by atoms with van der Waals surface area (Å²) in [7, 11) is 0. The lowest BCUT2D eigenvalue weighted by Gasteiger charge is -2.44. The molecule has 3 nitrogen and oxygen atoms in total. The second-order valence-electron chi connectivity index (χ2n) is 7.66. The van der Waals surface area contributed by atoms with Gasteiger partial charge in [-0.15, -0.1) is 0 Å². The number of nitriles is 1. The number of rotatable bonds is 7. The van der Waals surface area contributed by atoms with E-state index in [1.807, 2.05) is 0 Å². The third-order valence-electron chi connectivity index (χ3n) is 6.03. The SMILES string of the molecule is CCC1(CC)CCN(C(C)CC(C)(C#N)NC2CC2)CC1. The molecule has 2 unspecified atom stereocenters. The Morgan fingerprint density at radius 3 is 2.29 bits per heavy atom. The van der Waals surface area contributed by atoms with Crippen molar-refractivity contribution in [1.82, 2.24) is 10.2 Å². The lowest BCUT2D eigenvalue weighted by Crippen LogP contribution is -2.50. The summed E-state index contributed by atoms with van der Waals surface area (Å²) in [6, 6.07) is 3.61. The van der Waals surface area contributed by atoms with E-state index in [2.05, 4.69) is 44.0 Å². The zero-order valence-corrected chi connectivity index (χ0v) is 14.4. The van der Waals surface area contributed by atoms with Crippen LogP contribution in [0.1, 0.15) is 72.6 Å². The molecule has 2 rings (SSSR count). The molecule has 1 N–H and O–H groups in total. The van der Waals surface area contributed by atoms with Crippen LogP contribution in [-0.2, 0) is 0 Å². The lowest BCUT2D eigenvalue weighted by atomic mass is 9.74. The summed E-state index contributed by atoms with van der Waals surface area (Å²) in [6.07, 6.45) is 8.68. The average molecular weight is 291 g/mol. The number of hydrogen-bond donors (Lipinski definition) is 1. The summed E-state index contributed by atoms with van der Waals surface area (Å²) >= 11 is 0. The van der Waals surface area contributed by atoms with E-state index in [0.29, 0.717) is 17.5 Å². The first-order valence-electron chi connectivity index (χ1n) is 8.89. The molecular weight excluding hydrogens is 258 g/mol. The molecule has 120 valence electrons. The van der Waals surface area contributed by atoms with Crippen molar-refractivity contribution in [3.63, 3.8) is 0 Å². The van der Waals surface area contributed by atoms with Crippen molar-refractivity contribution in [2.45, 2.75) is 90.3 Å². The lowest BCUT2D eigenvalue weighted by molar-refractivity contribution is 0.0625. The number of nitrogens with one attached hydrogen (secondary N) is 1. The molecule has 0 amide bonds. The topological polar surface area (TPSA) is 39.1 Å². The van der Waals surface area contributed by atoms with Gasteiger partial charge in [0.2, 0.25) is 0 Å². The van der Waals surface area contributed by atoms with Gasteiger partial charge in [0.1, 0.15) is 5.54 Å². The maximum Gasteiger partial charge on any atom is 0.105 e. The van der Waals surface area contributed by atoms with Crippen molar-refractivity contribution >= 4 is 0 Å². The molecule has 0 aromatic carbocycles. The molecule has 2 atom stereocenters. The molecule has 0 aromatic rings. The highest BCUT2D eigenvalue weighted by Crippen LogP contribution is 2.38. The zero-order chi connectivity index (χ0) is 15.5. The van der Waals surface area contributed by atoms with Gasteiger partial charge < -0.3 is 4.90 Å². The number of likely N-dealkylation sites (tertiary alicyclic amines) is 1. The van der Waals surface area contributed by atoms with Crippen molar-refractivity contribution in [3.8, 4) is 6.07 Å². The Morgan fingerprint density at radius 1 is 1.29 bits per heavy atom. The molecule has 0 aromatic heterocycles. The van der Waals surface area contributed by atoms with E-state index in [9.17, 15) is 5.26 Å². The predicted molar refractivity (Wildman–Crippen MR) is 88.1 cm³/mol. The second-order valence-corrected chi connectivity index (χ2v) is 7.66. The van der Waals surface area contributed by atoms with Gasteiger partial charge in [-0.1, -0.05) is 26.7 Å². The highest BCUT2D eigenvalue weighted by Gasteiger charge is 2.37. The fraction of sp³-hybridized carbons (Fsp3) is 0.944. The molecule has 3 heteroatoms. The van der Waals surface area contributed by atoms with Crippen LogP contribution in [0.25, 0.3) is 0 Å². The van der Waals surface area contributed by atoms with E-state index in [0.717, 1.165) is 6.42 Å². The van der Waals surface area contributed by atoms with Gasteiger partial charge in [0.05, 0.1) is 6.07 Å². The first-order valence-corrected chi connectivity index (χ1v) is 8.89. The molecule has 1 heterocycles. The highest BCUT2D eigenvalue weighted by molar-refractivity contribution is 5.08. The molecule has 0 radical (unpaired) electrons. The summed E-state index contributed by atoms with van der Waals surface area (Å²) < 4.78 is 0. The first-order chi connectivity index (χ1) is 9.96. The Balaban J connectivity index is 1.86. The fourth-order valence-corrected chi connectivity index (χ4v) is 3.93. The van der Waals surface area contributed by atoms with Crippen molar-refractivity contribution in [3.05, 3.63) is 0 Å². The quantitative estimate of drug-likeness (QED) is 0.777. The van der Waals surface area contributed by atoms with E-state index >= 15 is 0 Å². The molecule has 2 fully saturated rings. The van der Waals surface area contributed by atoms with Crippen LogP contribution in [0.5, 0.6) is 0 Å². The molecule has 1 saturated heterocycles. The van der Waals surface area contributed by atoms with Crippen LogP contribution >= 0.6 is 0 Å². The third-order valence-corrected chi connectivity index (χ3v) is 6.03. The van der Waals surface area contributed by atoms with E-state index < -0.39 is 0 Å². The fourth-order valence-electron chi connectivity index (χ4n) is 3.93. The third kappa shape index (κ3) is 4.20. The van der Waals surface area contributed by atoms with Crippen LogP contribution in [0, 0.1) is 16.7 Å². The van der Waals surface area contributed by atoms with Gasteiger partial charge in [0, 0.05) is 12.1 Å². The molecule has 0 spiro atoms. The average Bonchev–Trinajstić information content (AvgIpc) is 3.31. The van der Waals surface area contributed by atoms with Gasteiger partial charge >= 0.3 is 0 Å². The summed E-state index contributed by atoms with van der Waals surface area (Å²) in [5.74, 6) is 0. The number of nitrogens with zero attached hydrogens (tertiary/aromatic N) is 2. The minimum atomic E-state index is -0.357. The first kappa shape index (κ1) is 16.8. The van der Waals surface area contributed by atoms with Crippen LogP contribution in [0.4, 0.5) is 0 Å². The van der Waals surface area contributed by atoms with Crippen LogP contribution in [0.15, 0.2) is 0 Å². The van der Waals surface area contributed by atoms with Crippen molar-refractivity contribution in [2.24, 2.45) is 5.41 Å². The molecular formula is C18H33N3. The normalized spacial score (nSPS) is 26.8. The Kier molecular flexibility index (Phi) is 5.33.